The molecule has 2 heterocycles. The first kappa shape index (κ1) is 24.1. The van der Waals surface area contributed by atoms with Crippen molar-refractivity contribution >= 4 is 40.8 Å². The molecule has 0 fully saturated rings. The van der Waals surface area contributed by atoms with Crippen LogP contribution in [0.25, 0.3) is 0 Å². The molecule has 0 unspecified atom stereocenters. The minimum Gasteiger partial charge on any atom is -0.394 e. The van der Waals surface area contributed by atoms with Gasteiger partial charge in [-0.3, -0.25) is 4.79 Å². The number of aliphatic hydroxyl groups is 1. The standard InChI is InChI=1S/C21H24Cl2N4O5/c1-11-20(12(2)32-27-11)26-21(30)25-17-6-4-14(31-18(17)10-28)8-19(29)24-9-13-3-5-15(22)16(23)7-13/h3-7,14,17-18,28H,8-10H2,1-2H3,(H,24,29)(H2,25,26,30)/t14-,17+,18+/m0/s1. The number of rotatable bonds is 7. The number of nitrogens with one attached hydrogen (secondary N) is 3. The Kier molecular flexibility index (Phi) is 8.14. The molecule has 0 saturated heterocycles. The summed E-state index contributed by atoms with van der Waals surface area (Å²) in [7, 11) is 0. The number of aryl methyl sites for hydroxylation is 2. The van der Waals surface area contributed by atoms with Crippen molar-refractivity contribution < 1.29 is 24.0 Å². The highest BCUT2D eigenvalue weighted by Gasteiger charge is 2.29. The van der Waals surface area contributed by atoms with Gasteiger partial charge in [-0.15, -0.1) is 0 Å². The van der Waals surface area contributed by atoms with Crippen molar-refractivity contribution in [3.8, 4) is 0 Å². The topological polar surface area (TPSA) is 126 Å². The quantitative estimate of drug-likeness (QED) is 0.449. The van der Waals surface area contributed by atoms with Crippen LogP contribution in [-0.2, 0) is 16.1 Å². The molecule has 1 aliphatic heterocycles. The molecule has 0 saturated carbocycles. The molecule has 0 radical (unpaired) electrons. The van der Waals surface area contributed by atoms with Crippen LogP contribution in [0.3, 0.4) is 0 Å². The van der Waals surface area contributed by atoms with Crippen molar-refractivity contribution in [3.05, 3.63) is 57.4 Å². The fraction of sp³-hybridized carbons (Fsp3) is 0.381. The Labute approximate surface area is 195 Å². The van der Waals surface area contributed by atoms with E-state index in [-0.39, 0.29) is 18.9 Å². The first-order chi connectivity index (χ1) is 15.3. The number of hydrogen-bond donors (Lipinski definition) is 4. The number of halogens is 2. The van der Waals surface area contributed by atoms with Crippen molar-refractivity contribution in [1.82, 2.24) is 15.8 Å². The maximum Gasteiger partial charge on any atom is 0.319 e. The van der Waals surface area contributed by atoms with Crippen LogP contribution in [0.15, 0.2) is 34.9 Å². The monoisotopic (exact) mass is 482 g/mol. The molecular weight excluding hydrogens is 459 g/mol. The first-order valence-electron chi connectivity index (χ1n) is 9.92. The number of carbonyl (C=O) groups is 2. The number of aromatic nitrogens is 1. The highest BCUT2D eigenvalue weighted by molar-refractivity contribution is 6.42. The van der Waals surface area contributed by atoms with Gasteiger partial charge in [-0.05, 0) is 31.5 Å². The molecule has 3 amide bonds. The Balaban J connectivity index is 1.51. The molecule has 32 heavy (non-hydrogen) atoms. The number of carbonyl (C=O) groups excluding carboxylic acids is 2. The van der Waals surface area contributed by atoms with E-state index in [0.29, 0.717) is 33.7 Å². The third-order valence-electron chi connectivity index (χ3n) is 4.89. The molecule has 0 bridgehead atoms. The highest BCUT2D eigenvalue weighted by Crippen LogP contribution is 2.23. The smallest absolute Gasteiger partial charge is 0.319 e. The Morgan fingerprint density at radius 1 is 1.19 bits per heavy atom. The lowest BCUT2D eigenvalue weighted by atomic mass is 10.0. The zero-order valence-corrected chi connectivity index (χ0v) is 19.0. The Morgan fingerprint density at radius 2 is 1.97 bits per heavy atom. The van der Waals surface area contributed by atoms with Crippen molar-refractivity contribution in [2.75, 3.05) is 11.9 Å². The molecule has 172 valence electrons. The number of hydrogen-bond acceptors (Lipinski definition) is 6. The molecule has 9 nitrogen and oxygen atoms in total. The zero-order chi connectivity index (χ0) is 23.3. The van der Waals surface area contributed by atoms with Crippen LogP contribution >= 0.6 is 23.2 Å². The largest absolute Gasteiger partial charge is 0.394 e. The summed E-state index contributed by atoms with van der Waals surface area (Å²) in [5, 5.41) is 22.5. The molecule has 1 aromatic heterocycles. The number of urea groups is 1. The van der Waals surface area contributed by atoms with Crippen LogP contribution in [-0.4, -0.2) is 47.1 Å². The van der Waals surface area contributed by atoms with Gasteiger partial charge in [0.2, 0.25) is 5.91 Å². The van der Waals surface area contributed by atoms with Gasteiger partial charge in [0.25, 0.3) is 0 Å². The lowest BCUT2D eigenvalue weighted by Gasteiger charge is -2.31. The fourth-order valence-electron chi connectivity index (χ4n) is 3.20. The molecule has 2 aromatic rings. The minimum atomic E-state index is -0.705. The summed E-state index contributed by atoms with van der Waals surface area (Å²) in [6.45, 7) is 3.36. The fourth-order valence-corrected chi connectivity index (χ4v) is 3.52. The normalized spacial score (nSPS) is 20.1. The van der Waals surface area contributed by atoms with Crippen molar-refractivity contribution in [2.45, 2.75) is 45.1 Å². The number of nitrogens with zero attached hydrogens (tertiary/aromatic N) is 1. The average molecular weight is 483 g/mol. The van der Waals surface area contributed by atoms with Crippen LogP contribution in [0.1, 0.15) is 23.4 Å². The van der Waals surface area contributed by atoms with E-state index in [4.69, 9.17) is 32.5 Å². The third-order valence-corrected chi connectivity index (χ3v) is 5.63. The number of amides is 3. The van der Waals surface area contributed by atoms with E-state index in [2.05, 4.69) is 21.1 Å². The molecule has 4 N–H and O–H groups in total. The second-order valence-corrected chi connectivity index (χ2v) is 8.15. The van der Waals surface area contributed by atoms with Crippen LogP contribution < -0.4 is 16.0 Å². The van der Waals surface area contributed by atoms with Gasteiger partial charge in [0, 0.05) is 6.54 Å². The van der Waals surface area contributed by atoms with Gasteiger partial charge in [-0.1, -0.05) is 46.6 Å². The van der Waals surface area contributed by atoms with Crippen LogP contribution in [0.4, 0.5) is 10.5 Å². The first-order valence-corrected chi connectivity index (χ1v) is 10.7. The van der Waals surface area contributed by atoms with E-state index in [9.17, 15) is 14.7 Å². The number of benzene rings is 1. The molecule has 0 aliphatic carbocycles. The average Bonchev–Trinajstić information content (AvgIpc) is 3.07. The summed E-state index contributed by atoms with van der Waals surface area (Å²) in [6, 6.07) is 4.06. The lowest BCUT2D eigenvalue weighted by molar-refractivity contribution is -0.125. The highest BCUT2D eigenvalue weighted by atomic mass is 35.5. The zero-order valence-electron chi connectivity index (χ0n) is 17.5. The van der Waals surface area contributed by atoms with Gasteiger partial charge >= 0.3 is 6.03 Å². The number of ether oxygens (including phenoxy) is 1. The number of aliphatic hydroxyl groups excluding tert-OH is 1. The van der Waals surface area contributed by atoms with Gasteiger partial charge in [0.15, 0.2) is 5.76 Å². The summed E-state index contributed by atoms with van der Waals surface area (Å²) >= 11 is 11.9. The van der Waals surface area contributed by atoms with Crippen LogP contribution in [0.5, 0.6) is 0 Å². The SMILES string of the molecule is Cc1noc(C)c1NC(=O)N[C@@H]1C=C[C@@H](CC(=O)NCc2ccc(Cl)c(Cl)c2)O[C@@H]1CO. The van der Waals surface area contributed by atoms with E-state index in [0.717, 1.165) is 5.56 Å². The van der Waals surface area contributed by atoms with Crippen molar-refractivity contribution in [1.29, 1.82) is 0 Å². The van der Waals surface area contributed by atoms with E-state index in [1.165, 1.54) is 0 Å². The van der Waals surface area contributed by atoms with E-state index >= 15 is 0 Å². The van der Waals surface area contributed by atoms with Gasteiger partial charge in [-0.2, -0.15) is 0 Å². The van der Waals surface area contributed by atoms with Crippen LogP contribution in [0, 0.1) is 13.8 Å². The van der Waals surface area contributed by atoms with E-state index in [1.54, 1.807) is 44.2 Å². The summed E-state index contributed by atoms with van der Waals surface area (Å²) in [6.07, 6.45) is 2.21. The summed E-state index contributed by atoms with van der Waals surface area (Å²) < 4.78 is 10.8. The predicted octanol–water partition coefficient (Wildman–Crippen LogP) is 3.11. The second kappa shape index (κ2) is 10.8. The maximum absolute atomic E-state index is 12.3. The minimum absolute atomic E-state index is 0.0618. The van der Waals surface area contributed by atoms with Gasteiger partial charge in [0.1, 0.15) is 17.5 Å². The van der Waals surface area contributed by atoms with Gasteiger partial charge < -0.3 is 30.3 Å². The van der Waals surface area contributed by atoms with Gasteiger partial charge in [-0.25, -0.2) is 4.79 Å². The van der Waals surface area contributed by atoms with E-state index < -0.39 is 24.3 Å². The van der Waals surface area contributed by atoms with Gasteiger partial charge in [0.05, 0.1) is 35.2 Å². The van der Waals surface area contributed by atoms with E-state index in [1.807, 2.05) is 0 Å². The van der Waals surface area contributed by atoms with Crippen molar-refractivity contribution in [2.24, 2.45) is 0 Å². The van der Waals surface area contributed by atoms with Crippen LogP contribution in [0.2, 0.25) is 10.0 Å². The molecular formula is C21H24Cl2N4O5. The van der Waals surface area contributed by atoms with Crippen molar-refractivity contribution in [3.63, 3.8) is 0 Å². The Bertz CT molecular complexity index is 991. The summed E-state index contributed by atoms with van der Waals surface area (Å²) in [4.78, 5) is 24.6. The molecule has 1 aliphatic rings. The number of anilines is 1. The molecule has 11 heteroatoms. The molecule has 1 aromatic carbocycles. The Hall–Kier alpha value is -2.59. The third kappa shape index (κ3) is 6.23. The second-order valence-electron chi connectivity index (χ2n) is 7.33. The summed E-state index contributed by atoms with van der Waals surface area (Å²) in [5.41, 5.74) is 1.86. The Morgan fingerprint density at radius 3 is 2.62 bits per heavy atom. The molecule has 3 rings (SSSR count). The molecule has 3 atom stereocenters. The predicted molar refractivity (Wildman–Crippen MR) is 120 cm³/mol. The molecule has 0 spiro atoms. The summed E-state index contributed by atoms with van der Waals surface area (Å²) in [5.74, 6) is 0.253. The maximum atomic E-state index is 12.3. The lowest BCUT2D eigenvalue weighted by Crippen LogP contribution is -2.50.